The Bertz CT molecular complexity index is 727. The van der Waals surface area contributed by atoms with E-state index in [-0.39, 0.29) is 18.9 Å². The number of nitrogens with two attached hydrogens (primary N) is 1. The number of nitrogens with one attached hydrogen (secondary N) is 4. The van der Waals surface area contributed by atoms with Gasteiger partial charge in [0, 0.05) is 18.3 Å². The summed E-state index contributed by atoms with van der Waals surface area (Å²) in [6.07, 6.45) is 5.46. The predicted octanol–water partition coefficient (Wildman–Crippen LogP) is -0.751. The number of imidazole rings is 1. The van der Waals surface area contributed by atoms with Crippen molar-refractivity contribution in [3.8, 4) is 0 Å². The Kier molecular flexibility index (Phi) is 11.6. The molecule has 1 heterocycles. The number of H-pyrrole nitrogens is 1. The third-order valence-electron chi connectivity index (χ3n) is 4.38. The highest BCUT2D eigenvalue weighted by Gasteiger charge is 2.30. The number of aromatic amines is 1. The number of hydrogen-bond acceptors (Lipinski definition) is 7. The molecule has 0 aliphatic heterocycles. The second-order valence-electron chi connectivity index (χ2n) is 7.48. The van der Waals surface area contributed by atoms with Crippen molar-refractivity contribution in [2.45, 2.75) is 51.2 Å². The molecule has 12 heteroatoms. The lowest BCUT2D eigenvalue weighted by Gasteiger charge is -2.25. The minimum absolute atomic E-state index is 0.0202. The van der Waals surface area contributed by atoms with Crippen LogP contribution in [0.3, 0.4) is 0 Å². The van der Waals surface area contributed by atoms with E-state index in [1.807, 2.05) is 20.1 Å². The molecule has 3 amide bonds. The summed E-state index contributed by atoms with van der Waals surface area (Å²) in [5.41, 5.74) is 5.88. The Morgan fingerprint density at radius 3 is 2.29 bits per heavy atom. The van der Waals surface area contributed by atoms with Gasteiger partial charge in [-0.3, -0.25) is 14.4 Å². The van der Waals surface area contributed by atoms with Crippen LogP contribution < -0.4 is 21.7 Å². The minimum Gasteiger partial charge on any atom is -0.480 e. The first-order chi connectivity index (χ1) is 14.7. The molecule has 3 atom stereocenters. The molecule has 1 aromatic rings. The highest BCUT2D eigenvalue weighted by molar-refractivity contribution is 7.98. The highest BCUT2D eigenvalue weighted by Crippen LogP contribution is 2.08. The summed E-state index contributed by atoms with van der Waals surface area (Å²) in [5.74, 6) is -2.13. The van der Waals surface area contributed by atoms with Gasteiger partial charge in [0.25, 0.3) is 0 Å². The van der Waals surface area contributed by atoms with Gasteiger partial charge in [-0.25, -0.2) is 9.78 Å². The van der Waals surface area contributed by atoms with Crippen molar-refractivity contribution in [3.63, 3.8) is 0 Å². The van der Waals surface area contributed by atoms with Crippen molar-refractivity contribution in [2.75, 3.05) is 18.6 Å². The van der Waals surface area contributed by atoms with Gasteiger partial charge in [-0.05, 0) is 30.8 Å². The van der Waals surface area contributed by atoms with Gasteiger partial charge in [0.15, 0.2) is 0 Å². The Balaban J connectivity index is 2.90. The van der Waals surface area contributed by atoms with E-state index in [1.165, 1.54) is 24.3 Å². The van der Waals surface area contributed by atoms with Gasteiger partial charge in [-0.15, -0.1) is 0 Å². The van der Waals surface area contributed by atoms with Crippen LogP contribution >= 0.6 is 11.8 Å². The normalized spacial score (nSPS) is 13.8. The van der Waals surface area contributed by atoms with E-state index in [4.69, 9.17) is 5.73 Å². The third kappa shape index (κ3) is 9.83. The van der Waals surface area contributed by atoms with Crippen molar-refractivity contribution in [1.29, 1.82) is 0 Å². The molecule has 0 saturated heterocycles. The second-order valence-corrected chi connectivity index (χ2v) is 8.46. The van der Waals surface area contributed by atoms with E-state index in [0.717, 1.165) is 0 Å². The van der Waals surface area contributed by atoms with Crippen molar-refractivity contribution in [3.05, 3.63) is 18.2 Å². The largest absolute Gasteiger partial charge is 0.480 e. The molecule has 0 radical (unpaired) electrons. The number of carbonyl (C=O) groups is 4. The monoisotopic (exact) mass is 456 g/mol. The van der Waals surface area contributed by atoms with Crippen LogP contribution in [0, 0.1) is 5.92 Å². The lowest BCUT2D eigenvalue weighted by Crippen LogP contribution is -2.56. The first-order valence-electron chi connectivity index (χ1n) is 9.97. The molecule has 0 aromatic carbocycles. The topological polar surface area (TPSA) is 179 Å². The number of carboxylic acid groups (broad SMARTS) is 1. The number of thioether (sulfide) groups is 1. The zero-order valence-corrected chi connectivity index (χ0v) is 18.8. The summed E-state index contributed by atoms with van der Waals surface area (Å²) in [6.45, 7) is 3.51. The average molecular weight is 457 g/mol. The Labute approximate surface area is 185 Å². The van der Waals surface area contributed by atoms with Crippen LogP contribution in [0.4, 0.5) is 0 Å². The Hall–Kier alpha value is -2.60. The molecule has 0 spiro atoms. The van der Waals surface area contributed by atoms with Crippen LogP contribution in [-0.4, -0.2) is 75.4 Å². The van der Waals surface area contributed by atoms with Gasteiger partial charge in [0.2, 0.25) is 17.7 Å². The lowest BCUT2D eigenvalue weighted by atomic mass is 10.0. The minimum atomic E-state index is -1.20. The van der Waals surface area contributed by atoms with Gasteiger partial charge in [0.1, 0.15) is 18.1 Å². The van der Waals surface area contributed by atoms with E-state index in [2.05, 4.69) is 25.9 Å². The first kappa shape index (κ1) is 26.4. The SMILES string of the molecule is CSCCC(NC(=O)CN)C(=O)NC(CC(C)C)C(=O)NC(Cc1cnc[nH]1)C(=O)O. The maximum atomic E-state index is 12.8. The fraction of sp³-hybridized carbons (Fsp3) is 0.632. The molecule has 31 heavy (non-hydrogen) atoms. The van der Waals surface area contributed by atoms with E-state index in [9.17, 15) is 24.3 Å². The molecular formula is C19H32N6O5S. The quantitative estimate of drug-likeness (QED) is 0.211. The van der Waals surface area contributed by atoms with Crippen LogP contribution in [0.1, 0.15) is 32.4 Å². The molecule has 11 nitrogen and oxygen atoms in total. The van der Waals surface area contributed by atoms with E-state index in [0.29, 0.717) is 24.3 Å². The molecular weight excluding hydrogens is 424 g/mol. The summed E-state index contributed by atoms with van der Waals surface area (Å²) in [5, 5.41) is 17.2. The number of rotatable bonds is 14. The van der Waals surface area contributed by atoms with E-state index < -0.39 is 41.8 Å². The standard InChI is InChI=1S/C19H32N6O5S/c1-11(2)6-14(24-17(27)13(4-5-31-3)23-16(26)8-20)18(28)25-15(19(29)30)7-12-9-21-10-22-12/h9-11,13-15H,4-8,20H2,1-3H3,(H,21,22)(H,23,26)(H,24,27)(H,25,28)(H,29,30). The molecule has 0 bridgehead atoms. The molecule has 7 N–H and O–H groups in total. The average Bonchev–Trinajstić information content (AvgIpc) is 3.22. The van der Waals surface area contributed by atoms with Crippen LogP contribution in [0.2, 0.25) is 0 Å². The molecule has 1 rings (SSSR count). The third-order valence-corrected chi connectivity index (χ3v) is 5.03. The molecule has 1 aromatic heterocycles. The van der Waals surface area contributed by atoms with Crippen LogP contribution in [0.5, 0.6) is 0 Å². The number of aromatic nitrogens is 2. The van der Waals surface area contributed by atoms with Crippen molar-refractivity contribution < 1.29 is 24.3 Å². The predicted molar refractivity (Wildman–Crippen MR) is 117 cm³/mol. The Morgan fingerprint density at radius 1 is 1.13 bits per heavy atom. The highest BCUT2D eigenvalue weighted by atomic mass is 32.2. The van der Waals surface area contributed by atoms with Crippen LogP contribution in [-0.2, 0) is 25.6 Å². The fourth-order valence-electron chi connectivity index (χ4n) is 2.82. The summed E-state index contributed by atoms with van der Waals surface area (Å²) in [7, 11) is 0. The molecule has 0 saturated carbocycles. The number of carboxylic acids is 1. The zero-order valence-electron chi connectivity index (χ0n) is 18.0. The molecule has 0 aliphatic carbocycles. The molecule has 0 aliphatic rings. The molecule has 0 fully saturated rings. The zero-order chi connectivity index (χ0) is 23.4. The van der Waals surface area contributed by atoms with Crippen molar-refractivity contribution in [2.24, 2.45) is 11.7 Å². The van der Waals surface area contributed by atoms with E-state index >= 15 is 0 Å². The molecule has 174 valence electrons. The number of nitrogens with zero attached hydrogens (tertiary/aromatic N) is 1. The second kappa shape index (κ2) is 13.7. The summed E-state index contributed by atoms with van der Waals surface area (Å²) < 4.78 is 0. The Morgan fingerprint density at radius 2 is 1.77 bits per heavy atom. The summed E-state index contributed by atoms with van der Waals surface area (Å²) in [4.78, 5) is 55.6. The number of aliphatic carboxylic acids is 1. The van der Waals surface area contributed by atoms with Crippen LogP contribution in [0.15, 0.2) is 12.5 Å². The van der Waals surface area contributed by atoms with Crippen molar-refractivity contribution >= 4 is 35.5 Å². The number of amides is 3. The number of carbonyl (C=O) groups excluding carboxylic acids is 3. The first-order valence-corrected chi connectivity index (χ1v) is 11.4. The van der Waals surface area contributed by atoms with Gasteiger partial charge >= 0.3 is 5.97 Å². The van der Waals surface area contributed by atoms with Gasteiger partial charge < -0.3 is 31.8 Å². The maximum Gasteiger partial charge on any atom is 0.326 e. The van der Waals surface area contributed by atoms with Gasteiger partial charge in [0.05, 0.1) is 12.9 Å². The van der Waals surface area contributed by atoms with Gasteiger partial charge in [-0.1, -0.05) is 13.8 Å². The molecule has 3 unspecified atom stereocenters. The van der Waals surface area contributed by atoms with Gasteiger partial charge in [-0.2, -0.15) is 11.8 Å². The summed E-state index contributed by atoms with van der Waals surface area (Å²) in [6, 6.07) is -2.99. The van der Waals surface area contributed by atoms with E-state index in [1.54, 1.807) is 0 Å². The lowest BCUT2D eigenvalue weighted by molar-refractivity contribution is -0.142. The maximum absolute atomic E-state index is 12.8. The number of hydrogen-bond donors (Lipinski definition) is 6. The fourth-order valence-corrected chi connectivity index (χ4v) is 3.29. The van der Waals surface area contributed by atoms with Crippen LogP contribution in [0.25, 0.3) is 0 Å². The summed E-state index contributed by atoms with van der Waals surface area (Å²) >= 11 is 1.52. The smallest absolute Gasteiger partial charge is 0.326 e. The van der Waals surface area contributed by atoms with Crippen molar-refractivity contribution in [1.82, 2.24) is 25.9 Å².